The van der Waals surface area contributed by atoms with E-state index in [0.29, 0.717) is 12.8 Å². The average molecular weight is 316 g/mol. The molecule has 122 valence electrons. The van der Waals surface area contributed by atoms with Gasteiger partial charge in [0.2, 0.25) is 0 Å². The van der Waals surface area contributed by atoms with Crippen LogP contribution in [-0.4, -0.2) is 41.7 Å². The van der Waals surface area contributed by atoms with Crippen LogP contribution in [0, 0.1) is 5.41 Å². The zero-order chi connectivity index (χ0) is 15.7. The second-order valence-electron chi connectivity index (χ2n) is 6.01. The number of hydrogen-bond donors (Lipinski definition) is 3. The standard InChI is InChI=1S/C15H28N2O3S/c1-12(7-10-21-2)17-14(20)16-11-15(13(18)19)8-5-3-4-6-9-15/h12H,3-11H2,1-2H3,(H,18,19)(H2,16,17,20). The summed E-state index contributed by atoms with van der Waals surface area (Å²) in [4.78, 5) is 23.5. The molecule has 3 N–H and O–H groups in total. The van der Waals surface area contributed by atoms with Gasteiger partial charge in [-0.15, -0.1) is 0 Å². The Morgan fingerprint density at radius 2 is 1.86 bits per heavy atom. The van der Waals surface area contributed by atoms with Crippen molar-refractivity contribution in [2.45, 2.75) is 57.9 Å². The van der Waals surface area contributed by atoms with Crippen LogP contribution in [0.25, 0.3) is 0 Å². The number of nitrogens with one attached hydrogen (secondary N) is 2. The minimum atomic E-state index is -0.781. The van der Waals surface area contributed by atoms with Crippen LogP contribution >= 0.6 is 11.8 Å². The first-order valence-electron chi connectivity index (χ1n) is 7.77. The number of carboxylic acids is 1. The topological polar surface area (TPSA) is 78.4 Å². The number of aliphatic carboxylic acids is 1. The number of carboxylic acid groups (broad SMARTS) is 1. The van der Waals surface area contributed by atoms with E-state index >= 15 is 0 Å². The molecule has 1 atom stereocenters. The highest BCUT2D eigenvalue weighted by Gasteiger charge is 2.38. The van der Waals surface area contributed by atoms with Crippen LogP contribution < -0.4 is 10.6 Å². The Bertz CT molecular complexity index is 342. The normalized spacial score (nSPS) is 19.3. The summed E-state index contributed by atoms with van der Waals surface area (Å²) in [6.07, 6.45) is 8.31. The van der Waals surface area contributed by atoms with E-state index in [9.17, 15) is 14.7 Å². The SMILES string of the molecule is CSCCC(C)NC(=O)NCC1(C(=O)O)CCCCCC1. The van der Waals surface area contributed by atoms with E-state index in [1.165, 1.54) is 0 Å². The smallest absolute Gasteiger partial charge is 0.315 e. The van der Waals surface area contributed by atoms with Crippen LogP contribution in [0.15, 0.2) is 0 Å². The summed E-state index contributed by atoms with van der Waals surface area (Å²) >= 11 is 1.75. The summed E-state index contributed by atoms with van der Waals surface area (Å²) in [6.45, 7) is 2.19. The summed E-state index contributed by atoms with van der Waals surface area (Å²) < 4.78 is 0. The number of urea groups is 1. The Kier molecular flexibility index (Phi) is 7.93. The molecular weight excluding hydrogens is 288 g/mol. The number of rotatable bonds is 7. The van der Waals surface area contributed by atoms with E-state index in [1.54, 1.807) is 11.8 Å². The first-order chi connectivity index (χ1) is 10.00. The summed E-state index contributed by atoms with van der Waals surface area (Å²) in [5, 5.41) is 15.2. The van der Waals surface area contributed by atoms with Crippen LogP contribution in [0.4, 0.5) is 4.79 Å². The average Bonchev–Trinajstić information content (AvgIpc) is 2.69. The van der Waals surface area contributed by atoms with E-state index in [1.807, 2.05) is 13.2 Å². The fourth-order valence-corrected chi connectivity index (χ4v) is 3.35. The van der Waals surface area contributed by atoms with Gasteiger partial charge in [-0.2, -0.15) is 11.8 Å². The van der Waals surface area contributed by atoms with E-state index in [-0.39, 0.29) is 18.6 Å². The fourth-order valence-electron chi connectivity index (χ4n) is 2.76. The maximum Gasteiger partial charge on any atom is 0.315 e. The van der Waals surface area contributed by atoms with Crippen LogP contribution in [0.5, 0.6) is 0 Å². The third-order valence-corrected chi connectivity index (χ3v) is 4.88. The molecule has 1 fully saturated rings. The van der Waals surface area contributed by atoms with Gasteiger partial charge >= 0.3 is 12.0 Å². The summed E-state index contributed by atoms with van der Waals surface area (Å²) in [5.41, 5.74) is -0.781. The molecule has 2 amide bonds. The lowest BCUT2D eigenvalue weighted by molar-refractivity contribution is -0.149. The Balaban J connectivity index is 2.45. The van der Waals surface area contributed by atoms with E-state index in [2.05, 4.69) is 10.6 Å². The minimum absolute atomic E-state index is 0.104. The first-order valence-corrected chi connectivity index (χ1v) is 9.16. The highest BCUT2D eigenvalue weighted by atomic mass is 32.2. The van der Waals surface area contributed by atoms with Gasteiger partial charge < -0.3 is 15.7 Å². The summed E-state index contributed by atoms with van der Waals surface area (Å²) in [6, 6.07) is -0.152. The van der Waals surface area contributed by atoms with Crippen molar-refractivity contribution in [3.63, 3.8) is 0 Å². The predicted molar refractivity (Wildman–Crippen MR) is 86.8 cm³/mol. The van der Waals surface area contributed by atoms with E-state index in [4.69, 9.17) is 0 Å². The second kappa shape index (κ2) is 9.18. The molecule has 21 heavy (non-hydrogen) atoms. The van der Waals surface area contributed by atoms with Gasteiger partial charge in [0.15, 0.2) is 0 Å². The van der Waals surface area contributed by atoms with Crippen molar-refractivity contribution in [1.82, 2.24) is 10.6 Å². The van der Waals surface area contributed by atoms with E-state index in [0.717, 1.165) is 37.9 Å². The molecule has 0 aliphatic heterocycles. The number of carbonyl (C=O) groups is 2. The third kappa shape index (κ3) is 6.16. The minimum Gasteiger partial charge on any atom is -0.481 e. The van der Waals surface area contributed by atoms with E-state index < -0.39 is 11.4 Å². The molecule has 1 aliphatic carbocycles. The first kappa shape index (κ1) is 18.1. The van der Waals surface area contributed by atoms with Crippen LogP contribution in [-0.2, 0) is 4.79 Å². The van der Waals surface area contributed by atoms with Crippen molar-refractivity contribution < 1.29 is 14.7 Å². The molecular formula is C15H28N2O3S. The number of thioether (sulfide) groups is 1. The molecule has 6 heteroatoms. The largest absolute Gasteiger partial charge is 0.481 e. The molecule has 1 rings (SSSR count). The summed E-state index contributed by atoms with van der Waals surface area (Å²) in [5.74, 6) is 0.223. The monoisotopic (exact) mass is 316 g/mol. The van der Waals surface area contributed by atoms with Gasteiger partial charge in [-0.05, 0) is 38.2 Å². The third-order valence-electron chi connectivity index (χ3n) is 4.23. The van der Waals surface area contributed by atoms with Gasteiger partial charge in [0.05, 0.1) is 5.41 Å². The zero-order valence-electron chi connectivity index (χ0n) is 13.1. The Labute approximate surface area is 131 Å². The second-order valence-corrected chi connectivity index (χ2v) is 6.99. The van der Waals surface area contributed by atoms with Gasteiger partial charge in [0.25, 0.3) is 0 Å². The highest BCUT2D eigenvalue weighted by molar-refractivity contribution is 7.98. The van der Waals surface area contributed by atoms with Crippen LogP contribution in [0.3, 0.4) is 0 Å². The molecule has 5 nitrogen and oxygen atoms in total. The lowest BCUT2D eigenvalue weighted by atomic mass is 9.80. The molecule has 0 bridgehead atoms. The number of amides is 2. The van der Waals surface area contributed by atoms with Gasteiger partial charge in [0, 0.05) is 12.6 Å². The van der Waals surface area contributed by atoms with Crippen molar-refractivity contribution >= 4 is 23.8 Å². The number of carbonyl (C=O) groups excluding carboxylic acids is 1. The van der Waals surface area contributed by atoms with Gasteiger partial charge in [-0.25, -0.2) is 4.79 Å². The van der Waals surface area contributed by atoms with Gasteiger partial charge in [-0.3, -0.25) is 4.79 Å². The maximum atomic E-state index is 11.9. The molecule has 0 heterocycles. The molecule has 1 aliphatic rings. The molecule has 1 unspecified atom stereocenters. The highest BCUT2D eigenvalue weighted by Crippen LogP contribution is 2.34. The molecule has 1 saturated carbocycles. The Hall–Kier alpha value is -0.910. The van der Waals surface area contributed by atoms with Crippen molar-refractivity contribution in [2.75, 3.05) is 18.6 Å². The van der Waals surface area contributed by atoms with Gasteiger partial charge in [-0.1, -0.05) is 25.7 Å². The lowest BCUT2D eigenvalue weighted by Crippen LogP contribution is -2.48. The Morgan fingerprint density at radius 1 is 1.24 bits per heavy atom. The van der Waals surface area contributed by atoms with Crippen molar-refractivity contribution in [3.8, 4) is 0 Å². The maximum absolute atomic E-state index is 11.9. The van der Waals surface area contributed by atoms with Crippen molar-refractivity contribution in [1.29, 1.82) is 0 Å². The van der Waals surface area contributed by atoms with Crippen LogP contribution in [0.1, 0.15) is 51.9 Å². The fraction of sp³-hybridized carbons (Fsp3) is 0.867. The predicted octanol–water partition coefficient (Wildman–Crippen LogP) is 2.85. The zero-order valence-corrected chi connectivity index (χ0v) is 13.9. The van der Waals surface area contributed by atoms with Crippen molar-refractivity contribution in [3.05, 3.63) is 0 Å². The molecule has 0 aromatic carbocycles. The van der Waals surface area contributed by atoms with Crippen LogP contribution in [0.2, 0.25) is 0 Å². The molecule has 0 saturated heterocycles. The summed E-state index contributed by atoms with van der Waals surface area (Å²) in [7, 11) is 0. The van der Waals surface area contributed by atoms with Crippen molar-refractivity contribution in [2.24, 2.45) is 5.41 Å². The quantitative estimate of drug-likeness (QED) is 0.631. The lowest BCUT2D eigenvalue weighted by Gasteiger charge is -2.28. The van der Waals surface area contributed by atoms with Gasteiger partial charge in [0.1, 0.15) is 0 Å². The molecule has 0 aromatic heterocycles. The molecule has 0 spiro atoms. The molecule has 0 radical (unpaired) electrons. The Morgan fingerprint density at radius 3 is 2.38 bits per heavy atom. The molecule has 0 aromatic rings. The number of hydrogen-bond acceptors (Lipinski definition) is 3.